The van der Waals surface area contributed by atoms with Crippen molar-refractivity contribution in [3.63, 3.8) is 0 Å². The smallest absolute Gasteiger partial charge is 0.283 e. The summed E-state index contributed by atoms with van der Waals surface area (Å²) in [6, 6.07) is 14.2. The molecule has 0 fully saturated rings. The van der Waals surface area contributed by atoms with Crippen molar-refractivity contribution in [2.75, 3.05) is 5.32 Å². The fourth-order valence-corrected chi connectivity index (χ4v) is 3.26. The van der Waals surface area contributed by atoms with Gasteiger partial charge in [-0.15, -0.1) is 0 Å². The lowest BCUT2D eigenvalue weighted by Crippen LogP contribution is -2.13. The minimum Gasteiger partial charge on any atom is -0.321 e. The number of nitrogens with one attached hydrogen (secondary N) is 1. The summed E-state index contributed by atoms with van der Waals surface area (Å²) in [5, 5.41) is 24.3. The fourth-order valence-electron chi connectivity index (χ4n) is 2.34. The van der Waals surface area contributed by atoms with Gasteiger partial charge in [-0.1, -0.05) is 17.7 Å². The summed E-state index contributed by atoms with van der Waals surface area (Å²) in [4.78, 5) is 31.7. The van der Waals surface area contributed by atoms with Gasteiger partial charge in [0.15, 0.2) is 5.16 Å². The van der Waals surface area contributed by atoms with Crippen LogP contribution in [0.15, 0.2) is 76.5 Å². The van der Waals surface area contributed by atoms with Crippen molar-refractivity contribution in [3.8, 4) is 6.07 Å². The molecule has 0 aliphatic rings. The number of benzene rings is 2. The van der Waals surface area contributed by atoms with Crippen molar-refractivity contribution in [1.29, 1.82) is 5.26 Å². The third-order valence-corrected chi connectivity index (χ3v) is 4.91. The van der Waals surface area contributed by atoms with Gasteiger partial charge in [0.2, 0.25) is 0 Å². The second-order valence-electron chi connectivity index (χ2n) is 5.75. The number of carbonyl (C=O) groups excluding carboxylic acids is 1. The molecule has 0 atom stereocenters. The molecule has 3 aromatic rings. The Balaban J connectivity index is 1.86. The average Bonchev–Trinajstić information content (AvgIpc) is 2.75. The number of halogens is 1. The summed E-state index contributed by atoms with van der Waals surface area (Å²) < 4.78 is 0. The Hall–Kier alpha value is -3.74. The maximum absolute atomic E-state index is 12.4. The summed E-state index contributed by atoms with van der Waals surface area (Å²) >= 11 is 6.85. The van der Waals surface area contributed by atoms with E-state index in [0.29, 0.717) is 26.3 Å². The van der Waals surface area contributed by atoms with Crippen LogP contribution in [0.3, 0.4) is 0 Å². The molecule has 0 unspecified atom stereocenters. The van der Waals surface area contributed by atoms with E-state index in [9.17, 15) is 20.2 Å². The lowest BCUT2D eigenvalue weighted by Gasteiger charge is -2.05. The number of nitro benzene ring substituents is 1. The minimum atomic E-state index is -0.640. The van der Waals surface area contributed by atoms with E-state index in [-0.39, 0.29) is 11.3 Å². The summed E-state index contributed by atoms with van der Waals surface area (Å²) in [5.74, 6) is -0.640. The van der Waals surface area contributed by atoms with E-state index in [1.807, 2.05) is 6.07 Å². The van der Waals surface area contributed by atoms with Gasteiger partial charge in [-0.25, -0.2) is 9.97 Å². The lowest BCUT2D eigenvalue weighted by molar-refractivity contribution is -0.387. The number of hydrogen-bond donors (Lipinski definition) is 1. The first-order valence-corrected chi connectivity index (χ1v) is 9.58. The molecule has 1 N–H and O–H groups in total. The third kappa shape index (κ3) is 5.41. The molecule has 0 aliphatic heterocycles. The minimum absolute atomic E-state index is 0.184. The second kappa shape index (κ2) is 9.65. The Bertz CT molecular complexity index is 1160. The van der Waals surface area contributed by atoms with Crippen molar-refractivity contribution < 1.29 is 9.72 Å². The van der Waals surface area contributed by atoms with E-state index in [1.165, 1.54) is 30.6 Å². The Morgan fingerprint density at radius 3 is 2.53 bits per heavy atom. The molecule has 148 valence electrons. The van der Waals surface area contributed by atoms with E-state index in [0.717, 1.165) is 11.8 Å². The molecular weight excluding hydrogens is 426 g/mol. The number of carbonyl (C=O) groups is 1. The second-order valence-corrected chi connectivity index (χ2v) is 7.19. The molecular formula is C20H12ClN5O3S. The van der Waals surface area contributed by atoms with Crippen molar-refractivity contribution in [2.45, 2.75) is 10.1 Å². The predicted molar refractivity (Wildman–Crippen MR) is 113 cm³/mol. The van der Waals surface area contributed by atoms with Crippen molar-refractivity contribution in [3.05, 3.63) is 87.2 Å². The van der Waals surface area contributed by atoms with E-state index in [2.05, 4.69) is 15.3 Å². The summed E-state index contributed by atoms with van der Waals surface area (Å²) in [7, 11) is 0. The SMILES string of the molecule is N#C/C(=C\c1ccc(Sc2ncccn2)c([N+](=O)[O-])c1)C(=O)Nc1ccc(Cl)cc1. The van der Waals surface area contributed by atoms with Gasteiger partial charge < -0.3 is 5.32 Å². The first-order chi connectivity index (χ1) is 14.5. The summed E-state index contributed by atoms with van der Waals surface area (Å²) in [6.07, 6.45) is 4.36. The zero-order valence-corrected chi connectivity index (χ0v) is 16.7. The standard InChI is InChI=1S/C20H12ClN5O3S/c21-15-3-5-16(6-4-15)25-19(27)14(12-22)10-13-2-7-18(17(11-13)26(28)29)30-20-23-8-1-9-24-20/h1-11H,(H,25,27)/b14-10+. The van der Waals surface area contributed by atoms with Crippen LogP contribution in [0.1, 0.15) is 5.56 Å². The number of nitrogens with zero attached hydrogens (tertiary/aromatic N) is 4. The van der Waals surface area contributed by atoms with Crippen LogP contribution < -0.4 is 5.32 Å². The largest absolute Gasteiger partial charge is 0.321 e. The quantitative estimate of drug-likeness (QED) is 0.194. The highest BCUT2D eigenvalue weighted by Crippen LogP contribution is 2.34. The maximum atomic E-state index is 12.4. The van der Waals surface area contributed by atoms with E-state index in [1.54, 1.807) is 36.4 Å². The third-order valence-electron chi connectivity index (χ3n) is 3.70. The molecule has 0 saturated carbocycles. The molecule has 1 heterocycles. The molecule has 0 radical (unpaired) electrons. The first kappa shape index (κ1) is 21.0. The van der Waals surface area contributed by atoms with Gasteiger partial charge >= 0.3 is 0 Å². The predicted octanol–water partition coefficient (Wildman–Crippen LogP) is 4.74. The van der Waals surface area contributed by atoms with Gasteiger partial charge in [-0.2, -0.15) is 5.26 Å². The van der Waals surface area contributed by atoms with Crippen LogP contribution in [0.4, 0.5) is 11.4 Å². The van der Waals surface area contributed by atoms with Gasteiger partial charge in [-0.05, 0) is 59.8 Å². The molecule has 0 saturated heterocycles. The monoisotopic (exact) mass is 437 g/mol. The molecule has 2 aromatic carbocycles. The normalized spacial score (nSPS) is 10.9. The number of amides is 1. The van der Waals surface area contributed by atoms with Crippen LogP contribution in [0.5, 0.6) is 0 Å². The molecule has 1 amide bonds. The molecule has 10 heteroatoms. The van der Waals surface area contributed by atoms with Crippen LogP contribution in [-0.4, -0.2) is 20.8 Å². The van der Waals surface area contributed by atoms with Crippen molar-refractivity contribution in [2.24, 2.45) is 0 Å². The van der Waals surface area contributed by atoms with Crippen LogP contribution in [-0.2, 0) is 4.79 Å². The van der Waals surface area contributed by atoms with Crippen LogP contribution >= 0.6 is 23.4 Å². The van der Waals surface area contributed by atoms with E-state index < -0.39 is 10.8 Å². The molecule has 8 nitrogen and oxygen atoms in total. The van der Waals surface area contributed by atoms with E-state index >= 15 is 0 Å². The summed E-state index contributed by atoms with van der Waals surface area (Å²) in [5.41, 5.74) is 0.414. The highest BCUT2D eigenvalue weighted by atomic mass is 35.5. The number of hydrogen-bond acceptors (Lipinski definition) is 7. The highest BCUT2D eigenvalue weighted by molar-refractivity contribution is 7.99. The lowest BCUT2D eigenvalue weighted by atomic mass is 10.1. The van der Waals surface area contributed by atoms with Crippen LogP contribution in [0.2, 0.25) is 5.02 Å². The zero-order valence-electron chi connectivity index (χ0n) is 15.2. The molecule has 30 heavy (non-hydrogen) atoms. The Morgan fingerprint density at radius 1 is 1.20 bits per heavy atom. The maximum Gasteiger partial charge on any atom is 0.283 e. The van der Waals surface area contributed by atoms with Gasteiger partial charge in [0.25, 0.3) is 11.6 Å². The first-order valence-electron chi connectivity index (χ1n) is 8.38. The van der Waals surface area contributed by atoms with Gasteiger partial charge in [-0.3, -0.25) is 14.9 Å². The average molecular weight is 438 g/mol. The van der Waals surface area contributed by atoms with Crippen molar-refractivity contribution >= 4 is 46.7 Å². The summed E-state index contributed by atoms with van der Waals surface area (Å²) in [6.45, 7) is 0. The molecule has 1 aromatic heterocycles. The Kier molecular flexibility index (Phi) is 6.75. The van der Waals surface area contributed by atoms with Gasteiger partial charge in [0.1, 0.15) is 11.6 Å². The molecule has 3 rings (SSSR count). The Morgan fingerprint density at radius 2 is 1.90 bits per heavy atom. The van der Waals surface area contributed by atoms with Crippen molar-refractivity contribution in [1.82, 2.24) is 9.97 Å². The topological polar surface area (TPSA) is 122 Å². The molecule has 0 spiro atoms. The van der Waals surface area contributed by atoms with Gasteiger partial charge in [0.05, 0.1) is 9.82 Å². The number of nitro groups is 1. The van der Waals surface area contributed by atoms with Crippen LogP contribution in [0, 0.1) is 21.4 Å². The van der Waals surface area contributed by atoms with Crippen LogP contribution in [0.25, 0.3) is 6.08 Å². The number of anilines is 1. The van der Waals surface area contributed by atoms with E-state index in [4.69, 9.17) is 11.6 Å². The molecule has 0 aliphatic carbocycles. The zero-order chi connectivity index (χ0) is 21.5. The van der Waals surface area contributed by atoms with Gasteiger partial charge in [0, 0.05) is 29.2 Å². The molecule has 0 bridgehead atoms. The number of rotatable bonds is 6. The number of nitriles is 1. The highest BCUT2D eigenvalue weighted by Gasteiger charge is 2.17. The number of aromatic nitrogens is 2. The Labute approximate surface area is 180 Å². The fraction of sp³-hybridized carbons (Fsp3) is 0.